The van der Waals surface area contributed by atoms with E-state index in [2.05, 4.69) is 0 Å². The zero-order valence-electron chi connectivity index (χ0n) is 18.1. The number of fused-ring (bicyclic) bond motifs is 2. The molecule has 0 amide bonds. The van der Waals surface area contributed by atoms with Crippen LogP contribution in [0.1, 0.15) is 52.4 Å². The molecular weight excluding hydrogens is 400 g/mol. The zero-order valence-corrected chi connectivity index (χ0v) is 18.1. The van der Waals surface area contributed by atoms with Gasteiger partial charge in [-0.15, -0.1) is 0 Å². The van der Waals surface area contributed by atoms with Crippen LogP contribution >= 0.6 is 0 Å². The van der Waals surface area contributed by atoms with Crippen molar-refractivity contribution in [1.29, 1.82) is 0 Å². The molecule has 2 aromatic rings. The number of phenols is 2. The lowest BCUT2D eigenvalue weighted by Gasteiger charge is -2.18. The summed E-state index contributed by atoms with van der Waals surface area (Å²) in [6, 6.07) is 3.00. The van der Waals surface area contributed by atoms with Gasteiger partial charge in [-0.1, -0.05) is 6.92 Å². The summed E-state index contributed by atoms with van der Waals surface area (Å²) < 4.78 is 17.5. The molecule has 0 radical (unpaired) electrons. The van der Waals surface area contributed by atoms with Gasteiger partial charge >= 0.3 is 5.97 Å². The van der Waals surface area contributed by atoms with Crippen LogP contribution in [0.3, 0.4) is 0 Å². The van der Waals surface area contributed by atoms with Gasteiger partial charge in [0, 0.05) is 17.9 Å². The van der Waals surface area contributed by atoms with Gasteiger partial charge in [0.1, 0.15) is 22.8 Å². The maximum absolute atomic E-state index is 12.9. The van der Waals surface area contributed by atoms with Crippen LogP contribution < -0.4 is 9.47 Å². The minimum absolute atomic E-state index is 0.00270. The molecule has 2 N–H and O–H groups in total. The van der Waals surface area contributed by atoms with E-state index in [9.17, 15) is 19.8 Å². The number of benzene rings is 2. The van der Waals surface area contributed by atoms with E-state index in [1.54, 1.807) is 20.8 Å². The number of rotatable bonds is 4. The molecule has 164 valence electrons. The Kier molecular flexibility index (Phi) is 5.39. The van der Waals surface area contributed by atoms with Crippen molar-refractivity contribution in [3.05, 3.63) is 39.9 Å². The summed E-state index contributed by atoms with van der Waals surface area (Å²) in [6.45, 7) is 7.30. The van der Waals surface area contributed by atoms with E-state index in [0.717, 1.165) is 6.42 Å². The SMILES string of the molecule is Cc1cc(O)c(C)c2c1Oc1c(COCC3C(=O)CCC3C)c(O)cc(C)c1C(=O)O2. The molecule has 0 saturated heterocycles. The van der Waals surface area contributed by atoms with Crippen LogP contribution in [0.25, 0.3) is 0 Å². The second-order valence-corrected chi connectivity index (χ2v) is 8.49. The second kappa shape index (κ2) is 7.89. The number of esters is 1. The molecule has 2 unspecified atom stereocenters. The number of carbonyl (C=O) groups is 2. The molecule has 0 spiro atoms. The summed E-state index contributed by atoms with van der Waals surface area (Å²) in [5.74, 6) is 0.199. The maximum Gasteiger partial charge on any atom is 0.347 e. The van der Waals surface area contributed by atoms with Crippen LogP contribution in [0.5, 0.6) is 28.7 Å². The van der Waals surface area contributed by atoms with Gasteiger partial charge in [0.15, 0.2) is 17.2 Å². The van der Waals surface area contributed by atoms with Gasteiger partial charge in [-0.2, -0.15) is 0 Å². The maximum atomic E-state index is 12.9. The van der Waals surface area contributed by atoms with Crippen LogP contribution in [-0.2, 0) is 16.1 Å². The second-order valence-electron chi connectivity index (χ2n) is 8.49. The highest BCUT2D eigenvalue weighted by atomic mass is 16.6. The molecule has 2 aromatic carbocycles. The molecule has 1 aliphatic carbocycles. The predicted octanol–water partition coefficient (Wildman–Crippen LogP) is 4.48. The van der Waals surface area contributed by atoms with Crippen molar-refractivity contribution in [1.82, 2.24) is 0 Å². The van der Waals surface area contributed by atoms with Gasteiger partial charge in [0.25, 0.3) is 0 Å². The first kappa shape index (κ1) is 21.2. The van der Waals surface area contributed by atoms with Crippen molar-refractivity contribution >= 4 is 11.8 Å². The first-order chi connectivity index (χ1) is 14.7. The summed E-state index contributed by atoms with van der Waals surface area (Å²) in [4.78, 5) is 25.0. The van der Waals surface area contributed by atoms with Crippen molar-refractivity contribution in [3.8, 4) is 28.7 Å². The smallest absolute Gasteiger partial charge is 0.347 e. The average Bonchev–Trinajstić information content (AvgIpc) is 2.92. The molecule has 7 heteroatoms. The number of phenolic OH excluding ortho intramolecular Hbond substituents is 2. The molecule has 0 bridgehead atoms. The van der Waals surface area contributed by atoms with E-state index in [4.69, 9.17) is 14.2 Å². The normalized spacial score (nSPS) is 20.0. The molecule has 0 aromatic heterocycles. The zero-order chi connectivity index (χ0) is 22.4. The molecule has 7 nitrogen and oxygen atoms in total. The first-order valence-corrected chi connectivity index (χ1v) is 10.4. The van der Waals surface area contributed by atoms with Crippen molar-refractivity contribution < 1.29 is 34.0 Å². The van der Waals surface area contributed by atoms with E-state index in [1.807, 2.05) is 6.92 Å². The summed E-state index contributed by atoms with van der Waals surface area (Å²) >= 11 is 0. The van der Waals surface area contributed by atoms with E-state index in [1.165, 1.54) is 12.1 Å². The number of ether oxygens (including phenoxy) is 3. The van der Waals surface area contributed by atoms with Crippen molar-refractivity contribution in [2.75, 3.05) is 6.61 Å². The minimum Gasteiger partial charge on any atom is -0.508 e. The Bertz CT molecular complexity index is 1090. The van der Waals surface area contributed by atoms with Crippen LogP contribution in [-0.4, -0.2) is 28.6 Å². The molecule has 1 aliphatic heterocycles. The summed E-state index contributed by atoms with van der Waals surface area (Å²) in [6.07, 6.45) is 1.42. The Hall–Kier alpha value is -3.06. The fourth-order valence-corrected chi connectivity index (χ4v) is 4.28. The summed E-state index contributed by atoms with van der Waals surface area (Å²) in [5, 5.41) is 20.8. The molecule has 4 rings (SSSR count). The molecule has 1 fully saturated rings. The Morgan fingerprint density at radius 2 is 1.71 bits per heavy atom. The standard InChI is InChI=1S/C24H26O7/c1-11-5-6-17(25)15(11)9-29-10-16-19(27)7-12(2)20-23(16)30-21-13(3)8-18(26)14(4)22(21)31-24(20)28/h7-8,11,15,26-27H,5-6,9-10H2,1-4H3. The third-order valence-corrected chi connectivity index (χ3v) is 6.29. The largest absolute Gasteiger partial charge is 0.508 e. The van der Waals surface area contributed by atoms with Gasteiger partial charge in [-0.3, -0.25) is 4.79 Å². The number of carbonyl (C=O) groups excluding carboxylic acids is 2. The Balaban J connectivity index is 1.72. The van der Waals surface area contributed by atoms with E-state index >= 15 is 0 Å². The van der Waals surface area contributed by atoms with Crippen LogP contribution in [0.15, 0.2) is 12.1 Å². The molecule has 2 aliphatic rings. The van der Waals surface area contributed by atoms with E-state index in [0.29, 0.717) is 34.4 Å². The van der Waals surface area contributed by atoms with Gasteiger partial charge in [-0.05, 0) is 56.4 Å². The van der Waals surface area contributed by atoms with Crippen molar-refractivity contribution in [3.63, 3.8) is 0 Å². The van der Waals surface area contributed by atoms with Crippen LogP contribution in [0.2, 0.25) is 0 Å². The van der Waals surface area contributed by atoms with Crippen molar-refractivity contribution in [2.45, 2.75) is 47.1 Å². The number of hydrogen-bond donors (Lipinski definition) is 2. The number of aryl methyl sites for hydroxylation is 2. The Labute approximate surface area is 180 Å². The summed E-state index contributed by atoms with van der Waals surface area (Å²) in [5.41, 5.74) is 1.96. The monoisotopic (exact) mass is 426 g/mol. The number of ketones is 1. The molecular formula is C24H26O7. The summed E-state index contributed by atoms with van der Waals surface area (Å²) in [7, 11) is 0. The van der Waals surface area contributed by atoms with Gasteiger partial charge in [-0.25, -0.2) is 4.79 Å². The van der Waals surface area contributed by atoms with Crippen LogP contribution in [0.4, 0.5) is 0 Å². The number of Topliss-reactive ketones (excluding diaryl/α,β-unsaturated/α-hetero) is 1. The predicted molar refractivity (Wildman–Crippen MR) is 112 cm³/mol. The van der Waals surface area contributed by atoms with Gasteiger partial charge in [0.2, 0.25) is 0 Å². The molecule has 1 saturated carbocycles. The quantitative estimate of drug-likeness (QED) is 0.549. The van der Waals surface area contributed by atoms with Crippen LogP contribution in [0, 0.1) is 32.6 Å². The lowest BCUT2D eigenvalue weighted by molar-refractivity contribution is -0.123. The van der Waals surface area contributed by atoms with Gasteiger partial charge < -0.3 is 24.4 Å². The van der Waals surface area contributed by atoms with E-state index in [-0.39, 0.29) is 59.4 Å². The first-order valence-electron chi connectivity index (χ1n) is 10.4. The lowest BCUT2D eigenvalue weighted by Crippen LogP contribution is -2.19. The molecule has 31 heavy (non-hydrogen) atoms. The lowest BCUT2D eigenvalue weighted by atomic mass is 9.98. The highest BCUT2D eigenvalue weighted by Gasteiger charge is 2.34. The number of aromatic hydroxyl groups is 2. The minimum atomic E-state index is -0.639. The molecule has 1 heterocycles. The highest BCUT2D eigenvalue weighted by Crippen LogP contribution is 2.48. The average molecular weight is 426 g/mol. The van der Waals surface area contributed by atoms with Crippen molar-refractivity contribution in [2.24, 2.45) is 11.8 Å². The molecule has 2 atom stereocenters. The van der Waals surface area contributed by atoms with Gasteiger partial charge in [0.05, 0.1) is 18.8 Å². The topological polar surface area (TPSA) is 102 Å². The third kappa shape index (κ3) is 3.63. The third-order valence-electron chi connectivity index (χ3n) is 6.29. The Morgan fingerprint density at radius 1 is 1.00 bits per heavy atom. The van der Waals surface area contributed by atoms with E-state index < -0.39 is 5.97 Å². The highest BCUT2D eigenvalue weighted by molar-refractivity contribution is 5.98. The Morgan fingerprint density at radius 3 is 2.39 bits per heavy atom. The number of hydrogen-bond acceptors (Lipinski definition) is 7. The fraction of sp³-hybridized carbons (Fsp3) is 0.417. The fourth-order valence-electron chi connectivity index (χ4n) is 4.28.